The fraction of sp³-hybridized carbons (Fsp3) is 0.667. The number of likely N-dealkylation sites (tertiary alicyclic amines) is 1. The molecule has 1 fully saturated rings. The van der Waals surface area contributed by atoms with Crippen molar-refractivity contribution in [3.63, 3.8) is 0 Å². The quantitative estimate of drug-likeness (QED) is 0.791. The van der Waals surface area contributed by atoms with Gasteiger partial charge in [0.2, 0.25) is 0 Å². The molecule has 0 aliphatic carbocycles. The van der Waals surface area contributed by atoms with Crippen LogP contribution in [0.1, 0.15) is 18.4 Å². The van der Waals surface area contributed by atoms with Crippen molar-refractivity contribution in [2.45, 2.75) is 19.4 Å². The van der Waals surface area contributed by atoms with Gasteiger partial charge in [-0.15, -0.1) is 0 Å². The second kappa shape index (κ2) is 9.11. The Labute approximate surface area is 139 Å². The number of aliphatic hydroxyl groups is 1. The van der Waals surface area contributed by atoms with Gasteiger partial charge in [-0.2, -0.15) is 0 Å². The number of likely N-dealkylation sites (N-methyl/N-ethyl adjacent to an activating group) is 1. The summed E-state index contributed by atoms with van der Waals surface area (Å²) in [4.78, 5) is 4.50. The number of hydrogen-bond acceptors (Lipinski definition) is 5. The maximum absolute atomic E-state index is 9.40. The molecular weight excluding hydrogens is 292 g/mol. The van der Waals surface area contributed by atoms with Crippen LogP contribution < -0.4 is 9.47 Å². The van der Waals surface area contributed by atoms with Gasteiger partial charge in [0.1, 0.15) is 6.61 Å². The molecule has 0 aromatic heterocycles. The third kappa shape index (κ3) is 5.37. The number of methoxy groups -OCH3 is 1. The molecule has 0 unspecified atom stereocenters. The molecule has 0 spiro atoms. The highest BCUT2D eigenvalue weighted by Gasteiger charge is 2.21. The number of ether oxygens (including phenoxy) is 2. The van der Waals surface area contributed by atoms with Crippen molar-refractivity contribution in [2.24, 2.45) is 5.92 Å². The molecule has 0 radical (unpaired) electrons. The van der Waals surface area contributed by atoms with Gasteiger partial charge in [0, 0.05) is 31.8 Å². The summed E-state index contributed by atoms with van der Waals surface area (Å²) in [5, 5.41) is 9.40. The van der Waals surface area contributed by atoms with E-state index in [1.54, 1.807) is 7.11 Å². The summed E-state index contributed by atoms with van der Waals surface area (Å²) < 4.78 is 11.5. The Bertz CT molecular complexity index is 479. The molecule has 5 heteroatoms. The van der Waals surface area contributed by atoms with E-state index in [-0.39, 0.29) is 6.61 Å². The summed E-state index contributed by atoms with van der Waals surface area (Å²) in [5.74, 6) is 2.03. The molecule has 1 aliphatic heterocycles. The van der Waals surface area contributed by atoms with Gasteiger partial charge in [0.05, 0.1) is 7.11 Å². The van der Waals surface area contributed by atoms with E-state index >= 15 is 0 Å². The van der Waals surface area contributed by atoms with Crippen LogP contribution in [0.3, 0.4) is 0 Å². The van der Waals surface area contributed by atoms with Crippen molar-refractivity contribution in [1.82, 2.24) is 9.80 Å². The number of benzene rings is 1. The van der Waals surface area contributed by atoms with Crippen LogP contribution in [0.25, 0.3) is 0 Å². The number of para-hydroxylation sites is 1. The van der Waals surface area contributed by atoms with Gasteiger partial charge < -0.3 is 19.5 Å². The lowest BCUT2D eigenvalue weighted by molar-refractivity contribution is 0.114. The molecule has 1 atom stereocenters. The van der Waals surface area contributed by atoms with E-state index in [9.17, 15) is 5.11 Å². The summed E-state index contributed by atoms with van der Waals surface area (Å²) in [7, 11) is 5.76. The van der Waals surface area contributed by atoms with Crippen molar-refractivity contribution in [2.75, 3.05) is 54.1 Å². The van der Waals surface area contributed by atoms with Crippen LogP contribution in [0.4, 0.5) is 0 Å². The Kier molecular flexibility index (Phi) is 7.15. The first-order chi connectivity index (χ1) is 11.1. The maximum atomic E-state index is 9.40. The van der Waals surface area contributed by atoms with Crippen molar-refractivity contribution < 1.29 is 14.6 Å². The lowest BCUT2D eigenvalue weighted by Gasteiger charge is -2.32. The Balaban J connectivity index is 2.07. The minimum absolute atomic E-state index is 0.279. The van der Waals surface area contributed by atoms with Crippen LogP contribution in [0, 0.1) is 5.92 Å². The minimum atomic E-state index is 0.279. The first-order valence-electron chi connectivity index (χ1n) is 8.40. The topological polar surface area (TPSA) is 45.2 Å². The molecule has 1 aromatic carbocycles. The Hall–Kier alpha value is -1.30. The summed E-state index contributed by atoms with van der Waals surface area (Å²) in [6.45, 7) is 4.65. The van der Waals surface area contributed by atoms with Crippen LogP contribution in [-0.2, 0) is 6.54 Å². The zero-order chi connectivity index (χ0) is 16.7. The molecule has 2 rings (SSSR count). The van der Waals surface area contributed by atoms with Crippen LogP contribution in [0.15, 0.2) is 18.2 Å². The fourth-order valence-corrected chi connectivity index (χ4v) is 3.03. The van der Waals surface area contributed by atoms with E-state index in [1.807, 2.05) is 26.2 Å². The second-order valence-electron chi connectivity index (χ2n) is 6.53. The zero-order valence-electron chi connectivity index (χ0n) is 14.6. The number of rotatable bonds is 8. The Morgan fingerprint density at radius 2 is 2.17 bits per heavy atom. The van der Waals surface area contributed by atoms with Gasteiger partial charge >= 0.3 is 0 Å². The maximum Gasteiger partial charge on any atom is 0.165 e. The molecule has 1 aliphatic rings. The van der Waals surface area contributed by atoms with Gasteiger partial charge in [-0.1, -0.05) is 12.1 Å². The summed E-state index contributed by atoms with van der Waals surface area (Å²) >= 11 is 0. The van der Waals surface area contributed by atoms with E-state index < -0.39 is 0 Å². The largest absolute Gasteiger partial charge is 0.493 e. The zero-order valence-corrected chi connectivity index (χ0v) is 14.6. The number of hydrogen-bond donors (Lipinski definition) is 1. The van der Waals surface area contributed by atoms with Crippen molar-refractivity contribution >= 4 is 0 Å². The van der Waals surface area contributed by atoms with Crippen LogP contribution in [-0.4, -0.2) is 69.0 Å². The summed E-state index contributed by atoms with van der Waals surface area (Å²) in [5.41, 5.74) is 1.15. The first kappa shape index (κ1) is 18.0. The SMILES string of the molecule is COc1cccc(CN2CCC[C@H](CO)C2)c1OCCN(C)C. The highest BCUT2D eigenvalue weighted by molar-refractivity contribution is 5.46. The first-order valence-corrected chi connectivity index (χ1v) is 8.40. The average molecular weight is 322 g/mol. The van der Waals surface area contributed by atoms with Crippen molar-refractivity contribution in [3.8, 4) is 11.5 Å². The van der Waals surface area contributed by atoms with Crippen molar-refractivity contribution in [1.29, 1.82) is 0 Å². The number of aliphatic hydroxyl groups excluding tert-OH is 1. The fourth-order valence-electron chi connectivity index (χ4n) is 3.03. The lowest BCUT2D eigenvalue weighted by Crippen LogP contribution is -2.36. The molecule has 0 bridgehead atoms. The third-order valence-corrected chi connectivity index (χ3v) is 4.32. The predicted octanol–water partition coefficient (Wildman–Crippen LogP) is 1.84. The lowest BCUT2D eigenvalue weighted by atomic mass is 9.98. The normalized spacial score (nSPS) is 19.1. The van der Waals surface area contributed by atoms with E-state index in [0.29, 0.717) is 12.5 Å². The highest BCUT2D eigenvalue weighted by atomic mass is 16.5. The molecule has 5 nitrogen and oxygen atoms in total. The van der Waals surface area contributed by atoms with Gasteiger partial charge in [0.15, 0.2) is 11.5 Å². The van der Waals surface area contributed by atoms with E-state index in [1.165, 1.54) is 0 Å². The van der Waals surface area contributed by atoms with Gasteiger partial charge in [-0.25, -0.2) is 0 Å². The molecule has 1 N–H and O–H groups in total. The van der Waals surface area contributed by atoms with E-state index in [0.717, 1.165) is 56.1 Å². The molecule has 0 amide bonds. The highest BCUT2D eigenvalue weighted by Crippen LogP contribution is 2.32. The smallest absolute Gasteiger partial charge is 0.165 e. The van der Waals surface area contributed by atoms with E-state index in [2.05, 4.69) is 15.9 Å². The van der Waals surface area contributed by atoms with Crippen LogP contribution in [0.5, 0.6) is 11.5 Å². The standard InChI is InChI=1S/C18H30N2O3/c1-19(2)10-11-23-18-16(7-4-8-17(18)22-3)13-20-9-5-6-15(12-20)14-21/h4,7-8,15,21H,5-6,9-14H2,1-3H3/t15-/m0/s1. The van der Waals surface area contributed by atoms with E-state index in [4.69, 9.17) is 9.47 Å². The number of nitrogens with zero attached hydrogens (tertiary/aromatic N) is 2. The van der Waals surface area contributed by atoms with Crippen LogP contribution >= 0.6 is 0 Å². The minimum Gasteiger partial charge on any atom is -0.493 e. The Morgan fingerprint density at radius 1 is 1.35 bits per heavy atom. The molecule has 23 heavy (non-hydrogen) atoms. The molecule has 1 saturated heterocycles. The predicted molar refractivity (Wildman–Crippen MR) is 92.1 cm³/mol. The monoisotopic (exact) mass is 322 g/mol. The molecule has 1 aromatic rings. The molecule has 130 valence electrons. The molecular formula is C18H30N2O3. The average Bonchev–Trinajstić information content (AvgIpc) is 2.56. The third-order valence-electron chi connectivity index (χ3n) is 4.32. The van der Waals surface area contributed by atoms with Crippen molar-refractivity contribution in [3.05, 3.63) is 23.8 Å². The Morgan fingerprint density at radius 3 is 2.87 bits per heavy atom. The molecule has 1 heterocycles. The second-order valence-corrected chi connectivity index (χ2v) is 6.53. The van der Waals surface area contributed by atoms with Gasteiger partial charge in [0.25, 0.3) is 0 Å². The van der Waals surface area contributed by atoms with Gasteiger partial charge in [-0.3, -0.25) is 4.90 Å². The van der Waals surface area contributed by atoms with Gasteiger partial charge in [-0.05, 0) is 45.5 Å². The summed E-state index contributed by atoms with van der Waals surface area (Å²) in [6.07, 6.45) is 2.27. The number of piperidine rings is 1. The van der Waals surface area contributed by atoms with Crippen LogP contribution in [0.2, 0.25) is 0 Å². The summed E-state index contributed by atoms with van der Waals surface area (Å²) in [6, 6.07) is 6.07. The molecule has 0 saturated carbocycles.